The van der Waals surface area contributed by atoms with Crippen molar-refractivity contribution >= 4 is 46.6 Å². The summed E-state index contributed by atoms with van der Waals surface area (Å²) in [6.45, 7) is 1.87. The minimum Gasteiger partial charge on any atom is -0.340 e. The molecule has 2 aromatic rings. The Labute approximate surface area is 172 Å². The number of hydrogen-bond donors (Lipinski definition) is 2. The smallest absolute Gasteiger partial charge is 0.288 e. The van der Waals surface area contributed by atoms with Crippen molar-refractivity contribution in [1.29, 1.82) is 0 Å². The number of benzene rings is 2. The van der Waals surface area contributed by atoms with Crippen LogP contribution in [0, 0.1) is 17.0 Å². The highest BCUT2D eigenvalue weighted by Crippen LogP contribution is 2.25. The zero-order chi connectivity index (χ0) is 20.7. The van der Waals surface area contributed by atoms with Gasteiger partial charge in [0.2, 0.25) is 5.91 Å². The Kier molecular flexibility index (Phi) is 7.83. The molecule has 2 N–H and O–H groups in total. The highest BCUT2D eigenvalue weighted by atomic mass is 35.5. The molecule has 148 valence electrons. The van der Waals surface area contributed by atoms with Crippen molar-refractivity contribution in [1.82, 2.24) is 5.32 Å². The van der Waals surface area contributed by atoms with Gasteiger partial charge >= 0.3 is 0 Å². The lowest BCUT2D eigenvalue weighted by atomic mass is 10.1. The molecule has 0 aromatic heterocycles. The lowest BCUT2D eigenvalue weighted by Crippen LogP contribution is -2.44. The minimum atomic E-state index is -0.783. The van der Waals surface area contributed by atoms with E-state index in [1.165, 1.54) is 12.1 Å². The first kappa shape index (κ1) is 21.7. The summed E-state index contributed by atoms with van der Waals surface area (Å²) in [5, 5.41) is 16.5. The Balaban J connectivity index is 2.18. The first-order valence-electron chi connectivity index (χ1n) is 8.43. The van der Waals surface area contributed by atoms with Gasteiger partial charge in [0.15, 0.2) is 0 Å². The second-order valence-corrected chi connectivity index (χ2v) is 7.43. The van der Waals surface area contributed by atoms with Crippen molar-refractivity contribution < 1.29 is 14.5 Å². The van der Waals surface area contributed by atoms with Crippen LogP contribution in [0.25, 0.3) is 0 Å². The number of para-hydroxylation sites is 1. The first-order valence-corrected chi connectivity index (χ1v) is 10.2. The summed E-state index contributed by atoms with van der Waals surface area (Å²) in [7, 11) is 0. The maximum atomic E-state index is 12.7. The van der Waals surface area contributed by atoms with Gasteiger partial charge in [0.1, 0.15) is 11.1 Å². The zero-order valence-electron chi connectivity index (χ0n) is 15.4. The van der Waals surface area contributed by atoms with Crippen LogP contribution in [-0.2, 0) is 4.79 Å². The van der Waals surface area contributed by atoms with E-state index in [4.69, 9.17) is 11.6 Å². The van der Waals surface area contributed by atoms with E-state index in [0.717, 1.165) is 11.6 Å². The average molecular weight is 422 g/mol. The van der Waals surface area contributed by atoms with Crippen LogP contribution < -0.4 is 10.6 Å². The number of amides is 2. The van der Waals surface area contributed by atoms with Gasteiger partial charge in [-0.2, -0.15) is 11.8 Å². The molecule has 9 heteroatoms. The van der Waals surface area contributed by atoms with Crippen LogP contribution in [0.15, 0.2) is 42.5 Å². The zero-order valence-corrected chi connectivity index (χ0v) is 17.0. The molecule has 0 saturated heterocycles. The van der Waals surface area contributed by atoms with Crippen molar-refractivity contribution in [3.63, 3.8) is 0 Å². The number of rotatable bonds is 8. The molecule has 0 fully saturated rings. The van der Waals surface area contributed by atoms with E-state index in [1.807, 2.05) is 31.4 Å². The number of carbonyl (C=O) groups is 2. The van der Waals surface area contributed by atoms with E-state index in [-0.39, 0.29) is 22.2 Å². The SMILES string of the molecule is CSCC[C@@H](NC(=O)c1ccc(Cl)c([N+](=O)[O-])c1)C(=O)Nc1ccccc1C. The molecule has 7 nitrogen and oxygen atoms in total. The van der Waals surface area contributed by atoms with Crippen LogP contribution in [0.3, 0.4) is 0 Å². The van der Waals surface area contributed by atoms with Crippen LogP contribution in [-0.4, -0.2) is 34.8 Å². The third kappa shape index (κ3) is 5.71. The van der Waals surface area contributed by atoms with E-state index < -0.39 is 16.9 Å². The molecule has 0 aliphatic carbocycles. The molecule has 0 bridgehead atoms. The fourth-order valence-electron chi connectivity index (χ4n) is 2.47. The Hall–Kier alpha value is -2.58. The molecule has 2 aromatic carbocycles. The maximum Gasteiger partial charge on any atom is 0.288 e. The van der Waals surface area contributed by atoms with Gasteiger partial charge in [0, 0.05) is 17.3 Å². The molecule has 0 radical (unpaired) electrons. The van der Waals surface area contributed by atoms with Crippen molar-refractivity contribution in [3.8, 4) is 0 Å². The minimum absolute atomic E-state index is 0.0576. The molecule has 2 amide bonds. The van der Waals surface area contributed by atoms with Crippen LogP contribution in [0.5, 0.6) is 0 Å². The number of thioether (sulfide) groups is 1. The average Bonchev–Trinajstić information content (AvgIpc) is 2.66. The fourth-order valence-corrected chi connectivity index (χ4v) is 3.13. The van der Waals surface area contributed by atoms with Gasteiger partial charge in [0.05, 0.1) is 4.92 Å². The van der Waals surface area contributed by atoms with Gasteiger partial charge < -0.3 is 10.6 Å². The number of nitrogens with zero attached hydrogens (tertiary/aromatic N) is 1. The van der Waals surface area contributed by atoms with Crippen LogP contribution in [0.2, 0.25) is 5.02 Å². The number of nitro groups is 1. The highest BCUT2D eigenvalue weighted by molar-refractivity contribution is 7.98. The summed E-state index contributed by atoms with van der Waals surface area (Å²) in [6.07, 6.45) is 2.32. The predicted molar refractivity (Wildman–Crippen MR) is 112 cm³/mol. The topological polar surface area (TPSA) is 101 Å². The van der Waals surface area contributed by atoms with Gasteiger partial charge in [-0.05, 0) is 49.1 Å². The third-order valence-electron chi connectivity index (χ3n) is 4.04. The highest BCUT2D eigenvalue weighted by Gasteiger charge is 2.23. The largest absolute Gasteiger partial charge is 0.340 e. The van der Waals surface area contributed by atoms with E-state index in [9.17, 15) is 19.7 Å². The quantitative estimate of drug-likeness (QED) is 0.494. The third-order valence-corrected chi connectivity index (χ3v) is 5.00. The number of nitro benzene ring substituents is 1. The van der Waals surface area contributed by atoms with Crippen molar-refractivity contribution in [2.75, 3.05) is 17.3 Å². The Morgan fingerprint density at radius 1 is 1.25 bits per heavy atom. The van der Waals surface area contributed by atoms with Crippen LogP contribution in [0.1, 0.15) is 22.3 Å². The molecule has 0 aliphatic rings. The summed E-state index contributed by atoms with van der Waals surface area (Å²) in [4.78, 5) is 35.6. The fraction of sp³-hybridized carbons (Fsp3) is 0.263. The second-order valence-electron chi connectivity index (χ2n) is 6.03. The van der Waals surface area contributed by atoms with Gasteiger partial charge in [-0.3, -0.25) is 19.7 Å². The van der Waals surface area contributed by atoms with E-state index in [1.54, 1.807) is 17.8 Å². The summed E-state index contributed by atoms with van der Waals surface area (Å²) in [6, 6.07) is 10.3. The summed E-state index contributed by atoms with van der Waals surface area (Å²) in [5.41, 5.74) is 1.27. The number of hydrogen-bond acceptors (Lipinski definition) is 5. The van der Waals surface area contributed by atoms with E-state index >= 15 is 0 Å². The molecule has 0 spiro atoms. The predicted octanol–water partition coefficient (Wildman–Crippen LogP) is 4.05. The van der Waals surface area contributed by atoms with Crippen molar-refractivity contribution in [3.05, 3.63) is 68.7 Å². The molecule has 0 heterocycles. The van der Waals surface area contributed by atoms with E-state index in [0.29, 0.717) is 17.9 Å². The Morgan fingerprint density at radius 3 is 2.61 bits per heavy atom. The van der Waals surface area contributed by atoms with Crippen molar-refractivity contribution in [2.45, 2.75) is 19.4 Å². The lowest BCUT2D eigenvalue weighted by molar-refractivity contribution is -0.384. The standard InChI is InChI=1S/C19H20ClN3O4S/c1-12-5-3-4-6-15(12)21-19(25)16(9-10-28-2)22-18(24)13-7-8-14(20)17(11-13)23(26)27/h3-8,11,16H,9-10H2,1-2H3,(H,21,25)(H,22,24)/t16-/m1/s1. The molecular weight excluding hydrogens is 402 g/mol. The second kappa shape index (κ2) is 10.1. The molecular formula is C19H20ClN3O4S. The molecule has 0 saturated carbocycles. The van der Waals surface area contributed by atoms with Crippen molar-refractivity contribution in [2.24, 2.45) is 0 Å². The maximum absolute atomic E-state index is 12.7. The van der Waals surface area contributed by atoms with Gasteiger partial charge in [0.25, 0.3) is 11.6 Å². The van der Waals surface area contributed by atoms with Gasteiger partial charge in [-0.1, -0.05) is 29.8 Å². The van der Waals surface area contributed by atoms with Gasteiger partial charge in [-0.25, -0.2) is 0 Å². The lowest BCUT2D eigenvalue weighted by Gasteiger charge is -2.19. The normalized spacial score (nSPS) is 11.5. The molecule has 0 aliphatic heterocycles. The summed E-state index contributed by atoms with van der Waals surface area (Å²) >= 11 is 7.34. The molecule has 0 unspecified atom stereocenters. The monoisotopic (exact) mass is 421 g/mol. The number of anilines is 1. The summed E-state index contributed by atoms with van der Waals surface area (Å²) in [5.74, 6) is -0.265. The summed E-state index contributed by atoms with van der Waals surface area (Å²) < 4.78 is 0. The number of aryl methyl sites for hydroxylation is 1. The van der Waals surface area contributed by atoms with Crippen LogP contribution >= 0.6 is 23.4 Å². The molecule has 2 rings (SSSR count). The van der Waals surface area contributed by atoms with E-state index in [2.05, 4.69) is 10.6 Å². The van der Waals surface area contributed by atoms with Gasteiger partial charge in [-0.15, -0.1) is 0 Å². The Bertz CT molecular complexity index is 891. The number of halogens is 1. The Morgan fingerprint density at radius 2 is 1.96 bits per heavy atom. The molecule has 28 heavy (non-hydrogen) atoms. The van der Waals surface area contributed by atoms with Crippen LogP contribution in [0.4, 0.5) is 11.4 Å². The number of carbonyl (C=O) groups excluding carboxylic acids is 2. The number of nitrogens with one attached hydrogen (secondary N) is 2. The first-order chi connectivity index (χ1) is 13.3. The molecule has 1 atom stereocenters.